The van der Waals surface area contributed by atoms with Crippen LogP contribution in [-0.2, 0) is 16.8 Å². The molecule has 0 spiro atoms. The molecule has 1 aromatic carbocycles. The summed E-state index contributed by atoms with van der Waals surface area (Å²) in [5.74, 6) is -0.218. The second-order valence-electron chi connectivity index (χ2n) is 9.42. The molecule has 188 valence electrons. The number of carbonyl (C=O) groups excluding carboxylic acids is 1. The Balaban J connectivity index is 1.39. The van der Waals surface area contributed by atoms with Crippen molar-refractivity contribution in [2.45, 2.75) is 44.9 Å². The number of alkyl halides is 2. The predicted octanol–water partition coefficient (Wildman–Crippen LogP) is 3.84. The van der Waals surface area contributed by atoms with Gasteiger partial charge in [0.15, 0.2) is 11.5 Å². The van der Waals surface area contributed by atoms with Crippen LogP contribution >= 0.6 is 0 Å². The van der Waals surface area contributed by atoms with Gasteiger partial charge in [-0.25, -0.2) is 4.98 Å². The minimum absolute atomic E-state index is 0.0387. The molecular formula is C26H25F2N3O5. The van der Waals surface area contributed by atoms with Gasteiger partial charge in [-0.1, -0.05) is 19.1 Å². The van der Waals surface area contributed by atoms with Gasteiger partial charge in [0.05, 0.1) is 11.1 Å². The molecule has 1 saturated carbocycles. The summed E-state index contributed by atoms with van der Waals surface area (Å²) in [5.41, 5.74) is 1.68. The van der Waals surface area contributed by atoms with E-state index in [1.807, 2.05) is 19.9 Å². The van der Waals surface area contributed by atoms with Gasteiger partial charge in [-0.2, -0.15) is 0 Å². The first kappa shape index (κ1) is 23.9. The van der Waals surface area contributed by atoms with Crippen molar-refractivity contribution in [3.8, 4) is 22.8 Å². The maximum absolute atomic E-state index is 13.4. The molecule has 2 N–H and O–H groups in total. The first-order valence-corrected chi connectivity index (χ1v) is 11.6. The SMILES string of the molecule is Cc1ccc(NC(=O)C2(c3ccc4c(c3)OC(F)(F)O4)CC2)nc1-c1ccc(=O)n(C[C@@H](C)CO)c1. The van der Waals surface area contributed by atoms with Crippen LogP contribution in [-0.4, -0.2) is 33.5 Å². The highest BCUT2D eigenvalue weighted by molar-refractivity contribution is 6.01. The number of fused-ring (bicyclic) bond motifs is 1. The highest BCUT2D eigenvalue weighted by atomic mass is 19.3. The molecule has 8 nitrogen and oxygen atoms in total. The Hall–Kier alpha value is -3.79. The van der Waals surface area contributed by atoms with E-state index in [-0.39, 0.29) is 35.5 Å². The van der Waals surface area contributed by atoms with E-state index in [4.69, 9.17) is 0 Å². The van der Waals surface area contributed by atoms with Gasteiger partial charge >= 0.3 is 6.29 Å². The molecule has 0 bridgehead atoms. The normalized spacial score (nSPS) is 17.5. The number of anilines is 1. The van der Waals surface area contributed by atoms with Gasteiger partial charge in [0, 0.05) is 31.0 Å². The zero-order valence-electron chi connectivity index (χ0n) is 19.8. The average Bonchev–Trinajstić information content (AvgIpc) is 3.58. The largest absolute Gasteiger partial charge is 0.586 e. The van der Waals surface area contributed by atoms with E-state index in [0.29, 0.717) is 42.0 Å². The van der Waals surface area contributed by atoms with Gasteiger partial charge in [-0.05, 0) is 61.1 Å². The number of aromatic nitrogens is 2. The molecule has 2 aliphatic rings. The highest BCUT2D eigenvalue weighted by Crippen LogP contribution is 2.52. The number of carbonyl (C=O) groups is 1. The minimum atomic E-state index is -3.72. The Labute approximate surface area is 205 Å². The molecule has 5 rings (SSSR count). The number of nitrogens with one attached hydrogen (secondary N) is 1. The van der Waals surface area contributed by atoms with E-state index in [9.17, 15) is 23.5 Å². The number of amides is 1. The first-order valence-electron chi connectivity index (χ1n) is 11.6. The van der Waals surface area contributed by atoms with Crippen molar-refractivity contribution < 1.29 is 28.2 Å². The lowest BCUT2D eigenvalue weighted by Gasteiger charge is -2.17. The average molecular weight is 497 g/mol. The van der Waals surface area contributed by atoms with E-state index >= 15 is 0 Å². The number of aryl methyl sites for hydroxylation is 1. The van der Waals surface area contributed by atoms with Crippen LogP contribution in [0.25, 0.3) is 11.3 Å². The molecule has 0 saturated heterocycles. The van der Waals surface area contributed by atoms with E-state index in [2.05, 4.69) is 19.8 Å². The molecule has 1 amide bonds. The number of aliphatic hydroxyl groups excluding tert-OH is 1. The first-order chi connectivity index (χ1) is 17.1. The summed E-state index contributed by atoms with van der Waals surface area (Å²) in [5, 5.41) is 12.2. The molecule has 1 aliphatic carbocycles. The number of rotatable bonds is 7. The summed E-state index contributed by atoms with van der Waals surface area (Å²) in [6.45, 7) is 4.05. The van der Waals surface area contributed by atoms with Crippen LogP contribution in [0, 0.1) is 12.8 Å². The number of benzene rings is 1. The molecular weight excluding hydrogens is 472 g/mol. The van der Waals surface area contributed by atoms with Crippen molar-refractivity contribution in [2.75, 3.05) is 11.9 Å². The van der Waals surface area contributed by atoms with Crippen LogP contribution < -0.4 is 20.3 Å². The van der Waals surface area contributed by atoms with Crippen molar-refractivity contribution in [1.29, 1.82) is 0 Å². The van der Waals surface area contributed by atoms with Crippen LogP contribution in [0.15, 0.2) is 53.5 Å². The summed E-state index contributed by atoms with van der Waals surface area (Å²) >= 11 is 0. The molecule has 3 aromatic rings. The highest BCUT2D eigenvalue weighted by Gasteiger charge is 2.53. The van der Waals surface area contributed by atoms with Crippen molar-refractivity contribution in [2.24, 2.45) is 5.92 Å². The lowest BCUT2D eigenvalue weighted by Crippen LogP contribution is -2.28. The fourth-order valence-electron chi connectivity index (χ4n) is 4.35. The topological polar surface area (TPSA) is 103 Å². The van der Waals surface area contributed by atoms with Crippen LogP contribution in [0.5, 0.6) is 11.5 Å². The Morgan fingerprint density at radius 2 is 1.92 bits per heavy atom. The lowest BCUT2D eigenvalue weighted by atomic mass is 9.94. The van der Waals surface area contributed by atoms with Crippen molar-refractivity contribution in [3.05, 3.63) is 70.1 Å². The fourth-order valence-corrected chi connectivity index (χ4v) is 4.35. The van der Waals surface area contributed by atoms with E-state index in [0.717, 1.165) is 5.56 Å². The van der Waals surface area contributed by atoms with E-state index in [1.54, 1.807) is 24.4 Å². The molecule has 2 aromatic heterocycles. The van der Waals surface area contributed by atoms with Gasteiger partial charge in [0.2, 0.25) is 5.91 Å². The molecule has 1 aliphatic heterocycles. The zero-order valence-corrected chi connectivity index (χ0v) is 19.8. The second-order valence-corrected chi connectivity index (χ2v) is 9.42. The Bertz CT molecular complexity index is 1400. The van der Waals surface area contributed by atoms with E-state index in [1.165, 1.54) is 22.8 Å². The number of nitrogens with zero attached hydrogens (tertiary/aromatic N) is 2. The maximum atomic E-state index is 13.4. The molecule has 1 atom stereocenters. The molecule has 0 unspecified atom stereocenters. The summed E-state index contributed by atoms with van der Waals surface area (Å²) in [7, 11) is 0. The fraction of sp³-hybridized carbons (Fsp3) is 0.346. The van der Waals surface area contributed by atoms with E-state index < -0.39 is 11.7 Å². The predicted molar refractivity (Wildman–Crippen MR) is 127 cm³/mol. The maximum Gasteiger partial charge on any atom is 0.586 e. The quantitative estimate of drug-likeness (QED) is 0.514. The summed E-state index contributed by atoms with van der Waals surface area (Å²) in [6.07, 6.45) is -0.913. The summed E-state index contributed by atoms with van der Waals surface area (Å²) in [4.78, 5) is 30.1. The van der Waals surface area contributed by atoms with Crippen LogP contribution in [0.2, 0.25) is 0 Å². The van der Waals surface area contributed by atoms with Gasteiger partial charge in [-0.3, -0.25) is 9.59 Å². The molecule has 36 heavy (non-hydrogen) atoms. The minimum Gasteiger partial charge on any atom is -0.396 e. The molecule has 10 heteroatoms. The van der Waals surface area contributed by atoms with Crippen molar-refractivity contribution >= 4 is 11.7 Å². The number of ether oxygens (including phenoxy) is 2. The van der Waals surface area contributed by atoms with Gasteiger partial charge in [0.25, 0.3) is 5.56 Å². The molecule has 0 radical (unpaired) electrons. The third kappa shape index (κ3) is 4.44. The smallest absolute Gasteiger partial charge is 0.396 e. The van der Waals surface area contributed by atoms with Crippen LogP contribution in [0.4, 0.5) is 14.6 Å². The number of hydrogen-bond acceptors (Lipinski definition) is 6. The standard InChI is InChI=1S/C26H25F2N3O5/c1-15(14-32)12-31-13-17(4-8-22(31)33)23-16(2)3-7-21(29-23)30-24(34)25(9-10-25)18-5-6-19-20(11-18)36-26(27,28)35-19/h3-8,11,13,15,32H,9-10,12,14H2,1-2H3,(H,29,30,34)/t15-/m1/s1. The number of hydrogen-bond donors (Lipinski definition) is 2. The zero-order chi connectivity index (χ0) is 25.7. The third-order valence-corrected chi connectivity index (χ3v) is 6.55. The Kier molecular flexibility index (Phi) is 5.78. The van der Waals surface area contributed by atoms with Gasteiger partial charge in [0.1, 0.15) is 5.82 Å². The molecule has 3 heterocycles. The van der Waals surface area contributed by atoms with Gasteiger partial charge in [-0.15, -0.1) is 8.78 Å². The Morgan fingerprint density at radius 3 is 2.64 bits per heavy atom. The number of pyridine rings is 2. The summed E-state index contributed by atoms with van der Waals surface area (Å²) in [6, 6.07) is 11.0. The van der Waals surface area contributed by atoms with Crippen LogP contribution in [0.1, 0.15) is 30.9 Å². The van der Waals surface area contributed by atoms with Crippen molar-refractivity contribution in [1.82, 2.24) is 9.55 Å². The van der Waals surface area contributed by atoms with Crippen LogP contribution in [0.3, 0.4) is 0 Å². The number of halogens is 2. The van der Waals surface area contributed by atoms with Crippen molar-refractivity contribution in [3.63, 3.8) is 0 Å². The second kappa shape index (κ2) is 8.70. The van der Waals surface area contributed by atoms with Gasteiger partial charge < -0.3 is 24.5 Å². The molecule has 1 fully saturated rings. The summed E-state index contributed by atoms with van der Waals surface area (Å²) < 4.78 is 37.3. The number of aliphatic hydroxyl groups is 1. The Morgan fingerprint density at radius 1 is 1.17 bits per heavy atom. The third-order valence-electron chi connectivity index (χ3n) is 6.55. The monoisotopic (exact) mass is 497 g/mol. The lowest BCUT2D eigenvalue weighted by molar-refractivity contribution is -0.286.